The molecule has 0 bridgehead atoms. The lowest BCUT2D eigenvalue weighted by atomic mass is 10.1. The first-order chi connectivity index (χ1) is 9.74. The van der Waals surface area contributed by atoms with Gasteiger partial charge in [0.1, 0.15) is 0 Å². The average molecular weight is 271 g/mol. The van der Waals surface area contributed by atoms with Crippen molar-refractivity contribution in [2.24, 2.45) is 0 Å². The lowest BCUT2D eigenvalue weighted by Gasteiger charge is -2.26. The monoisotopic (exact) mass is 271 g/mol. The van der Waals surface area contributed by atoms with E-state index >= 15 is 0 Å². The molecule has 2 N–H and O–H groups in total. The van der Waals surface area contributed by atoms with Crippen LogP contribution in [0.5, 0.6) is 0 Å². The van der Waals surface area contributed by atoms with Crippen molar-refractivity contribution in [3.8, 4) is 0 Å². The molecule has 1 aromatic carbocycles. The van der Waals surface area contributed by atoms with Crippen molar-refractivity contribution in [2.45, 2.75) is 19.0 Å². The number of rotatable bonds is 4. The van der Waals surface area contributed by atoms with Crippen LogP contribution in [0.25, 0.3) is 0 Å². The molecule has 1 unspecified atom stereocenters. The van der Waals surface area contributed by atoms with Gasteiger partial charge in [0.25, 0.3) is 5.91 Å². The molecule has 2 aromatic rings. The zero-order valence-electron chi connectivity index (χ0n) is 11.3. The fourth-order valence-corrected chi connectivity index (χ4v) is 2.12. The van der Waals surface area contributed by atoms with Crippen LogP contribution in [0.15, 0.2) is 36.5 Å². The molecule has 0 spiro atoms. The molecule has 1 aromatic heterocycles. The number of nitrogens with one attached hydrogen (secondary N) is 2. The van der Waals surface area contributed by atoms with E-state index in [2.05, 4.69) is 20.9 Å². The van der Waals surface area contributed by atoms with E-state index in [9.17, 15) is 4.79 Å². The highest BCUT2D eigenvalue weighted by Crippen LogP contribution is 2.13. The first-order valence-corrected chi connectivity index (χ1v) is 6.72. The van der Waals surface area contributed by atoms with Gasteiger partial charge < -0.3 is 10.6 Å². The van der Waals surface area contributed by atoms with Gasteiger partial charge in [0.2, 0.25) is 0 Å². The van der Waals surface area contributed by atoms with E-state index in [0.717, 1.165) is 18.7 Å². The molecule has 6 nitrogen and oxygen atoms in total. The van der Waals surface area contributed by atoms with Crippen molar-refractivity contribution in [1.82, 2.24) is 25.6 Å². The van der Waals surface area contributed by atoms with Crippen molar-refractivity contribution in [1.29, 1.82) is 0 Å². The summed E-state index contributed by atoms with van der Waals surface area (Å²) in [5.41, 5.74) is 1.43. The maximum absolute atomic E-state index is 12.1. The molecule has 2 heterocycles. The molecule has 104 valence electrons. The van der Waals surface area contributed by atoms with Gasteiger partial charge in [-0.1, -0.05) is 35.5 Å². The van der Waals surface area contributed by atoms with Crippen LogP contribution in [-0.2, 0) is 0 Å². The molecule has 3 rings (SSSR count). The highest BCUT2D eigenvalue weighted by atomic mass is 16.2. The number of carbonyl (C=O) groups excluding carboxylic acids is 1. The minimum Gasteiger partial charge on any atom is -0.344 e. The maximum Gasteiger partial charge on any atom is 0.273 e. The molecule has 1 aliphatic rings. The van der Waals surface area contributed by atoms with Gasteiger partial charge in [0.15, 0.2) is 5.69 Å². The van der Waals surface area contributed by atoms with Gasteiger partial charge >= 0.3 is 0 Å². The normalized spacial score (nSPS) is 16.4. The SMILES string of the molecule is CC(NC(=O)c1cn(C2CNC2)nn1)c1ccccc1. The second-order valence-electron chi connectivity index (χ2n) is 5.00. The number of nitrogens with zero attached hydrogens (tertiary/aromatic N) is 3. The van der Waals surface area contributed by atoms with Crippen LogP contribution in [0, 0.1) is 0 Å². The molecule has 0 saturated carbocycles. The third kappa shape index (κ3) is 2.55. The van der Waals surface area contributed by atoms with Gasteiger partial charge in [0.05, 0.1) is 18.3 Å². The van der Waals surface area contributed by atoms with Crippen LogP contribution in [0.3, 0.4) is 0 Å². The Labute approximate surface area is 117 Å². The lowest BCUT2D eigenvalue weighted by molar-refractivity contribution is 0.0934. The third-order valence-corrected chi connectivity index (χ3v) is 3.52. The minimum absolute atomic E-state index is 0.0563. The standard InChI is InChI=1S/C14H17N5O/c1-10(11-5-3-2-4-6-11)16-14(20)13-9-19(18-17-13)12-7-15-8-12/h2-6,9-10,12,15H,7-8H2,1H3,(H,16,20). The fourth-order valence-electron chi connectivity index (χ4n) is 2.12. The summed E-state index contributed by atoms with van der Waals surface area (Å²) in [5, 5.41) is 14.0. The molecule has 1 atom stereocenters. The average Bonchev–Trinajstić information content (AvgIpc) is 2.87. The number of benzene rings is 1. The molecule has 20 heavy (non-hydrogen) atoms. The first-order valence-electron chi connectivity index (χ1n) is 6.72. The Bertz CT molecular complexity index is 591. The van der Waals surface area contributed by atoms with Crippen molar-refractivity contribution in [2.75, 3.05) is 13.1 Å². The first kappa shape index (κ1) is 12.8. The summed E-state index contributed by atoms with van der Waals surface area (Å²) in [6.07, 6.45) is 1.71. The van der Waals surface area contributed by atoms with Crippen molar-refractivity contribution < 1.29 is 4.79 Å². The largest absolute Gasteiger partial charge is 0.344 e. The molecule has 0 radical (unpaired) electrons. The number of carbonyl (C=O) groups is 1. The number of hydrogen-bond donors (Lipinski definition) is 2. The Hall–Kier alpha value is -2.21. The zero-order valence-corrected chi connectivity index (χ0v) is 11.3. The Morgan fingerprint density at radius 3 is 2.80 bits per heavy atom. The van der Waals surface area contributed by atoms with Crippen LogP contribution in [0.1, 0.15) is 35.1 Å². The molecule has 1 amide bonds. The minimum atomic E-state index is -0.195. The molecule has 1 aliphatic heterocycles. The van der Waals surface area contributed by atoms with Gasteiger partial charge in [0, 0.05) is 13.1 Å². The van der Waals surface area contributed by atoms with Gasteiger partial charge in [-0.25, -0.2) is 4.68 Å². The van der Waals surface area contributed by atoms with Crippen LogP contribution in [-0.4, -0.2) is 34.0 Å². The Balaban J connectivity index is 1.65. The van der Waals surface area contributed by atoms with E-state index in [0.29, 0.717) is 11.7 Å². The highest BCUT2D eigenvalue weighted by molar-refractivity contribution is 5.92. The Kier molecular flexibility index (Phi) is 3.47. The molecular weight excluding hydrogens is 254 g/mol. The van der Waals surface area contributed by atoms with E-state index < -0.39 is 0 Å². The van der Waals surface area contributed by atoms with Gasteiger partial charge in [-0.15, -0.1) is 5.10 Å². The summed E-state index contributed by atoms with van der Waals surface area (Å²) in [6.45, 7) is 3.71. The summed E-state index contributed by atoms with van der Waals surface area (Å²) < 4.78 is 1.75. The van der Waals surface area contributed by atoms with Crippen molar-refractivity contribution >= 4 is 5.91 Å². The fraction of sp³-hybridized carbons (Fsp3) is 0.357. The zero-order chi connectivity index (χ0) is 13.9. The van der Waals surface area contributed by atoms with Crippen LogP contribution in [0.2, 0.25) is 0 Å². The molecule has 1 fully saturated rings. The molecule has 6 heteroatoms. The van der Waals surface area contributed by atoms with E-state index in [1.165, 1.54) is 0 Å². The van der Waals surface area contributed by atoms with Crippen LogP contribution >= 0.6 is 0 Å². The summed E-state index contributed by atoms with van der Waals surface area (Å²) in [5.74, 6) is -0.195. The third-order valence-electron chi connectivity index (χ3n) is 3.52. The summed E-state index contributed by atoms with van der Waals surface area (Å²) in [6, 6.07) is 10.1. The van der Waals surface area contributed by atoms with E-state index in [-0.39, 0.29) is 11.9 Å². The predicted octanol–water partition coefficient (Wildman–Crippen LogP) is 0.913. The van der Waals surface area contributed by atoms with Crippen molar-refractivity contribution in [3.63, 3.8) is 0 Å². The predicted molar refractivity (Wildman–Crippen MR) is 74.3 cm³/mol. The molecule has 0 aliphatic carbocycles. The van der Waals surface area contributed by atoms with E-state index in [1.807, 2.05) is 37.3 Å². The number of amides is 1. The summed E-state index contributed by atoms with van der Waals surface area (Å²) >= 11 is 0. The maximum atomic E-state index is 12.1. The van der Waals surface area contributed by atoms with Crippen LogP contribution < -0.4 is 10.6 Å². The number of aromatic nitrogens is 3. The van der Waals surface area contributed by atoms with Gasteiger partial charge in [-0.2, -0.15) is 0 Å². The van der Waals surface area contributed by atoms with E-state index in [1.54, 1.807) is 10.9 Å². The highest BCUT2D eigenvalue weighted by Gasteiger charge is 2.22. The van der Waals surface area contributed by atoms with Gasteiger partial charge in [-0.05, 0) is 12.5 Å². The Morgan fingerprint density at radius 1 is 1.40 bits per heavy atom. The summed E-state index contributed by atoms with van der Waals surface area (Å²) in [7, 11) is 0. The topological polar surface area (TPSA) is 71.8 Å². The second-order valence-corrected chi connectivity index (χ2v) is 5.00. The smallest absolute Gasteiger partial charge is 0.273 e. The number of hydrogen-bond acceptors (Lipinski definition) is 4. The van der Waals surface area contributed by atoms with Gasteiger partial charge in [-0.3, -0.25) is 4.79 Å². The lowest BCUT2D eigenvalue weighted by Crippen LogP contribution is -2.43. The second kappa shape index (κ2) is 5.42. The Morgan fingerprint density at radius 2 is 2.15 bits per heavy atom. The van der Waals surface area contributed by atoms with Crippen molar-refractivity contribution in [3.05, 3.63) is 47.8 Å². The van der Waals surface area contributed by atoms with E-state index in [4.69, 9.17) is 0 Å². The molecule has 1 saturated heterocycles. The summed E-state index contributed by atoms with van der Waals surface area (Å²) in [4.78, 5) is 12.1. The van der Waals surface area contributed by atoms with Crippen LogP contribution in [0.4, 0.5) is 0 Å². The molecular formula is C14H17N5O. The quantitative estimate of drug-likeness (QED) is 0.867.